The van der Waals surface area contributed by atoms with E-state index >= 15 is 0 Å². The molecule has 0 spiro atoms. The molecule has 0 aliphatic heterocycles. The van der Waals surface area contributed by atoms with Crippen LogP contribution in [0.5, 0.6) is 0 Å². The van der Waals surface area contributed by atoms with E-state index in [2.05, 4.69) is 37.3 Å². The van der Waals surface area contributed by atoms with Gasteiger partial charge in [-0.1, -0.05) is 17.7 Å². The predicted octanol–water partition coefficient (Wildman–Crippen LogP) is 3.01. The van der Waals surface area contributed by atoms with Gasteiger partial charge in [0.05, 0.1) is 10.7 Å². The van der Waals surface area contributed by atoms with Crippen molar-refractivity contribution < 1.29 is 0 Å². The van der Waals surface area contributed by atoms with E-state index in [0.717, 1.165) is 30.2 Å². The van der Waals surface area contributed by atoms with Crippen molar-refractivity contribution in [3.05, 3.63) is 28.8 Å². The summed E-state index contributed by atoms with van der Waals surface area (Å²) in [6.07, 6.45) is 1.12. The number of benzene rings is 1. The van der Waals surface area contributed by atoms with Crippen LogP contribution in [0, 0.1) is 6.92 Å². The lowest BCUT2D eigenvalue weighted by atomic mass is 10.2. The number of nitrogens with one attached hydrogen (secondary N) is 1. The normalized spacial score (nSPS) is 10.7. The topological polar surface area (TPSA) is 15.3 Å². The molecule has 1 rings (SSSR count). The quantitative estimate of drug-likeness (QED) is 0.777. The van der Waals surface area contributed by atoms with Crippen LogP contribution >= 0.6 is 11.6 Å². The van der Waals surface area contributed by atoms with Crippen molar-refractivity contribution >= 4 is 17.3 Å². The fourth-order valence-corrected chi connectivity index (χ4v) is 1.58. The van der Waals surface area contributed by atoms with Gasteiger partial charge in [-0.2, -0.15) is 0 Å². The zero-order valence-electron chi connectivity index (χ0n) is 9.68. The molecule has 0 amide bonds. The highest BCUT2D eigenvalue weighted by Crippen LogP contribution is 2.22. The summed E-state index contributed by atoms with van der Waals surface area (Å²) in [6.45, 7) is 4.12. The van der Waals surface area contributed by atoms with Gasteiger partial charge < -0.3 is 10.2 Å². The molecule has 0 saturated heterocycles. The van der Waals surface area contributed by atoms with Gasteiger partial charge in [0.1, 0.15) is 0 Å². The third kappa shape index (κ3) is 4.54. The van der Waals surface area contributed by atoms with E-state index in [-0.39, 0.29) is 0 Å². The molecule has 1 N–H and O–H groups in total. The molecule has 0 heterocycles. The van der Waals surface area contributed by atoms with E-state index in [9.17, 15) is 0 Å². The van der Waals surface area contributed by atoms with Crippen molar-refractivity contribution in [1.29, 1.82) is 0 Å². The van der Waals surface area contributed by atoms with Crippen LogP contribution in [-0.2, 0) is 0 Å². The van der Waals surface area contributed by atoms with Crippen LogP contribution in [0.4, 0.5) is 5.69 Å². The molecule has 0 radical (unpaired) electrons. The Kier molecular flexibility index (Phi) is 4.92. The molecule has 2 nitrogen and oxygen atoms in total. The highest BCUT2D eigenvalue weighted by Gasteiger charge is 1.99. The van der Waals surface area contributed by atoms with E-state index in [0.29, 0.717) is 0 Å². The first-order valence-corrected chi connectivity index (χ1v) is 5.62. The average molecular weight is 227 g/mol. The maximum atomic E-state index is 6.06. The highest BCUT2D eigenvalue weighted by molar-refractivity contribution is 6.33. The molecule has 3 heteroatoms. The van der Waals surface area contributed by atoms with E-state index in [4.69, 9.17) is 11.6 Å². The standard InChI is InChI=1S/C12H19ClN2/c1-10-5-6-11(13)12(9-10)14-7-4-8-15(2)3/h5-6,9,14H,4,7-8H2,1-3H3. The van der Waals surface area contributed by atoms with Gasteiger partial charge in [0, 0.05) is 6.54 Å². The largest absolute Gasteiger partial charge is 0.384 e. The predicted molar refractivity (Wildman–Crippen MR) is 67.8 cm³/mol. The van der Waals surface area contributed by atoms with Crippen molar-refractivity contribution in [3.63, 3.8) is 0 Å². The molecular weight excluding hydrogens is 208 g/mol. The third-order valence-corrected chi connectivity index (χ3v) is 2.55. The molecule has 0 aromatic heterocycles. The summed E-state index contributed by atoms with van der Waals surface area (Å²) in [5, 5.41) is 4.15. The van der Waals surface area contributed by atoms with Crippen molar-refractivity contribution in [2.24, 2.45) is 0 Å². The average Bonchev–Trinajstić information content (AvgIpc) is 2.17. The summed E-state index contributed by atoms with van der Waals surface area (Å²) < 4.78 is 0. The van der Waals surface area contributed by atoms with Gasteiger partial charge in [-0.15, -0.1) is 0 Å². The summed E-state index contributed by atoms with van der Waals surface area (Å²) in [6, 6.07) is 6.04. The molecule has 1 aromatic rings. The molecule has 0 fully saturated rings. The molecule has 0 bridgehead atoms. The molecule has 0 unspecified atom stereocenters. The lowest BCUT2D eigenvalue weighted by molar-refractivity contribution is 0.405. The Labute approximate surface area is 97.2 Å². The number of rotatable bonds is 5. The lowest BCUT2D eigenvalue weighted by Gasteiger charge is -2.12. The Morgan fingerprint density at radius 3 is 2.73 bits per heavy atom. The first kappa shape index (κ1) is 12.3. The van der Waals surface area contributed by atoms with Gasteiger partial charge in [-0.25, -0.2) is 0 Å². The Balaban J connectivity index is 2.40. The summed E-state index contributed by atoms with van der Waals surface area (Å²) in [4.78, 5) is 2.18. The number of aryl methyl sites for hydroxylation is 1. The molecule has 1 aromatic carbocycles. The number of hydrogen-bond donors (Lipinski definition) is 1. The minimum atomic E-state index is 0.797. The lowest BCUT2D eigenvalue weighted by Crippen LogP contribution is -2.16. The van der Waals surface area contributed by atoms with Gasteiger partial charge in [-0.05, 0) is 51.7 Å². The van der Waals surface area contributed by atoms with Gasteiger partial charge in [-0.3, -0.25) is 0 Å². The number of halogens is 1. The molecule has 0 saturated carbocycles. The first-order chi connectivity index (χ1) is 7.09. The summed E-state index contributed by atoms with van der Waals surface area (Å²) >= 11 is 6.06. The van der Waals surface area contributed by atoms with Crippen molar-refractivity contribution in [2.75, 3.05) is 32.5 Å². The second-order valence-corrected chi connectivity index (χ2v) is 4.47. The summed E-state index contributed by atoms with van der Waals surface area (Å²) in [7, 11) is 4.17. The fourth-order valence-electron chi connectivity index (χ4n) is 1.39. The van der Waals surface area contributed by atoms with Crippen LogP contribution in [0.2, 0.25) is 5.02 Å². The SMILES string of the molecule is Cc1ccc(Cl)c(NCCCN(C)C)c1. The zero-order valence-corrected chi connectivity index (χ0v) is 10.4. The van der Waals surface area contributed by atoms with Crippen molar-refractivity contribution in [3.8, 4) is 0 Å². The van der Waals surface area contributed by atoms with Gasteiger partial charge >= 0.3 is 0 Å². The van der Waals surface area contributed by atoms with Crippen molar-refractivity contribution in [1.82, 2.24) is 4.90 Å². The van der Waals surface area contributed by atoms with Crippen molar-refractivity contribution in [2.45, 2.75) is 13.3 Å². The van der Waals surface area contributed by atoms with E-state index in [1.165, 1.54) is 5.56 Å². The van der Waals surface area contributed by atoms with Gasteiger partial charge in [0.2, 0.25) is 0 Å². The van der Waals surface area contributed by atoms with Crippen LogP contribution in [-0.4, -0.2) is 32.1 Å². The Morgan fingerprint density at radius 1 is 1.33 bits per heavy atom. The highest BCUT2D eigenvalue weighted by atomic mass is 35.5. The van der Waals surface area contributed by atoms with Crippen LogP contribution in [0.1, 0.15) is 12.0 Å². The van der Waals surface area contributed by atoms with Gasteiger partial charge in [0.25, 0.3) is 0 Å². The Morgan fingerprint density at radius 2 is 2.07 bits per heavy atom. The fraction of sp³-hybridized carbons (Fsp3) is 0.500. The summed E-state index contributed by atoms with van der Waals surface area (Å²) in [5.41, 5.74) is 2.27. The third-order valence-electron chi connectivity index (χ3n) is 2.22. The molecule has 15 heavy (non-hydrogen) atoms. The second kappa shape index (κ2) is 5.99. The van der Waals surface area contributed by atoms with E-state index in [1.54, 1.807) is 0 Å². The summed E-state index contributed by atoms with van der Waals surface area (Å²) in [5.74, 6) is 0. The molecular formula is C12H19ClN2. The van der Waals surface area contributed by atoms with E-state index in [1.807, 2.05) is 12.1 Å². The number of anilines is 1. The maximum absolute atomic E-state index is 6.06. The van der Waals surface area contributed by atoms with E-state index < -0.39 is 0 Å². The maximum Gasteiger partial charge on any atom is 0.0637 e. The molecule has 0 atom stereocenters. The minimum absolute atomic E-state index is 0.797. The first-order valence-electron chi connectivity index (χ1n) is 5.24. The van der Waals surface area contributed by atoms with Crippen LogP contribution in [0.3, 0.4) is 0 Å². The Hall–Kier alpha value is -0.730. The molecule has 0 aliphatic rings. The smallest absolute Gasteiger partial charge is 0.0637 e. The number of hydrogen-bond acceptors (Lipinski definition) is 2. The van der Waals surface area contributed by atoms with Crippen LogP contribution in [0.15, 0.2) is 18.2 Å². The second-order valence-electron chi connectivity index (χ2n) is 4.07. The Bertz CT molecular complexity index is 310. The van der Waals surface area contributed by atoms with Gasteiger partial charge in [0.15, 0.2) is 0 Å². The molecule has 84 valence electrons. The number of nitrogens with zero attached hydrogens (tertiary/aromatic N) is 1. The van der Waals surface area contributed by atoms with Crippen LogP contribution < -0.4 is 5.32 Å². The minimum Gasteiger partial charge on any atom is -0.384 e. The monoisotopic (exact) mass is 226 g/mol. The zero-order chi connectivity index (χ0) is 11.3. The van der Waals surface area contributed by atoms with Crippen LogP contribution in [0.25, 0.3) is 0 Å². The molecule has 0 aliphatic carbocycles.